The first kappa shape index (κ1) is 10.4. The van der Waals surface area contributed by atoms with Crippen molar-refractivity contribution in [1.82, 2.24) is 0 Å². The lowest BCUT2D eigenvalue weighted by Gasteiger charge is -2.23. The van der Waals surface area contributed by atoms with Gasteiger partial charge in [0, 0.05) is 5.56 Å². The van der Waals surface area contributed by atoms with Crippen molar-refractivity contribution in [2.75, 3.05) is 0 Å². The van der Waals surface area contributed by atoms with Crippen LogP contribution in [0.5, 0.6) is 0 Å². The second kappa shape index (κ2) is 2.93. The zero-order valence-electron chi connectivity index (χ0n) is 7.54. The molecule has 0 heterocycles. The first-order valence-corrected chi connectivity index (χ1v) is 4.39. The normalized spacial score (nSPS) is 25.4. The van der Waals surface area contributed by atoms with Gasteiger partial charge in [0.15, 0.2) is 0 Å². The largest absolute Gasteiger partial charge is 0.426 e. The van der Waals surface area contributed by atoms with Crippen molar-refractivity contribution in [2.24, 2.45) is 0 Å². The smallest absolute Gasteiger partial charge is 0.229 e. The number of alkyl halides is 4. The highest BCUT2D eigenvalue weighted by molar-refractivity contribution is 5.39. The third-order valence-corrected chi connectivity index (χ3v) is 2.69. The zero-order chi connectivity index (χ0) is 11.3. The standard InChI is InChI=1S/C10H7F5/c11-7-2-1-6-3-4-9(12,8(6)5-7)10(13,14)15/h1-2,5H,3-4H2. The Balaban J connectivity index is 2.56. The molecule has 0 aliphatic heterocycles. The molecule has 0 fully saturated rings. The Kier molecular flexibility index (Phi) is 2.03. The van der Waals surface area contributed by atoms with Crippen molar-refractivity contribution in [3.8, 4) is 0 Å². The van der Waals surface area contributed by atoms with Crippen molar-refractivity contribution in [3.05, 3.63) is 35.1 Å². The van der Waals surface area contributed by atoms with Gasteiger partial charge in [-0.2, -0.15) is 13.2 Å². The van der Waals surface area contributed by atoms with E-state index >= 15 is 0 Å². The minimum absolute atomic E-state index is 0.00831. The molecule has 0 amide bonds. The third-order valence-electron chi connectivity index (χ3n) is 2.69. The maximum atomic E-state index is 13.7. The summed E-state index contributed by atoms with van der Waals surface area (Å²) in [7, 11) is 0. The molecule has 1 aliphatic carbocycles. The van der Waals surface area contributed by atoms with Crippen LogP contribution < -0.4 is 0 Å². The van der Waals surface area contributed by atoms with Crippen LogP contribution in [0, 0.1) is 5.82 Å². The first-order valence-electron chi connectivity index (χ1n) is 4.39. The van der Waals surface area contributed by atoms with Crippen molar-refractivity contribution in [3.63, 3.8) is 0 Å². The molecule has 1 aliphatic rings. The summed E-state index contributed by atoms with van der Waals surface area (Å²) in [5.41, 5.74) is -3.73. The number of hydrogen-bond donors (Lipinski definition) is 0. The van der Waals surface area contributed by atoms with E-state index in [0.717, 1.165) is 6.07 Å². The fourth-order valence-corrected chi connectivity index (χ4v) is 1.87. The van der Waals surface area contributed by atoms with Gasteiger partial charge in [-0.05, 0) is 30.5 Å². The molecule has 0 bridgehead atoms. The van der Waals surface area contributed by atoms with Crippen LogP contribution in [0.1, 0.15) is 17.5 Å². The molecule has 1 atom stereocenters. The lowest BCUT2D eigenvalue weighted by molar-refractivity contribution is -0.234. The number of benzene rings is 1. The maximum absolute atomic E-state index is 13.7. The highest BCUT2D eigenvalue weighted by Gasteiger charge is 2.59. The van der Waals surface area contributed by atoms with Crippen LogP contribution in [-0.4, -0.2) is 6.18 Å². The lowest BCUT2D eigenvalue weighted by Crippen LogP contribution is -2.35. The highest BCUT2D eigenvalue weighted by Crippen LogP contribution is 2.51. The van der Waals surface area contributed by atoms with Gasteiger partial charge in [-0.15, -0.1) is 0 Å². The fraction of sp³-hybridized carbons (Fsp3) is 0.400. The van der Waals surface area contributed by atoms with E-state index in [4.69, 9.17) is 0 Å². The predicted octanol–water partition coefficient (Wildman–Crippen LogP) is 3.50. The summed E-state index contributed by atoms with van der Waals surface area (Å²) in [6.45, 7) is 0. The predicted molar refractivity (Wildman–Crippen MR) is 43.6 cm³/mol. The summed E-state index contributed by atoms with van der Waals surface area (Å²) in [4.78, 5) is 0. The van der Waals surface area contributed by atoms with Crippen molar-refractivity contribution >= 4 is 0 Å². The molecule has 82 valence electrons. The number of halogens is 5. The molecular weight excluding hydrogens is 215 g/mol. The summed E-state index contributed by atoms with van der Waals surface area (Å²) in [5.74, 6) is -0.845. The number of rotatable bonds is 0. The average molecular weight is 222 g/mol. The second-order valence-corrected chi connectivity index (χ2v) is 3.60. The zero-order valence-corrected chi connectivity index (χ0v) is 7.54. The first-order chi connectivity index (χ1) is 6.84. The molecule has 1 aromatic carbocycles. The molecule has 1 aromatic rings. The van der Waals surface area contributed by atoms with E-state index in [-0.39, 0.29) is 12.0 Å². The number of hydrogen-bond acceptors (Lipinski definition) is 0. The Morgan fingerprint density at radius 1 is 1.20 bits per heavy atom. The number of aryl methyl sites for hydroxylation is 1. The van der Waals surface area contributed by atoms with Gasteiger partial charge in [-0.3, -0.25) is 0 Å². The highest BCUT2D eigenvalue weighted by atomic mass is 19.4. The van der Waals surface area contributed by atoms with E-state index in [2.05, 4.69) is 0 Å². The molecule has 0 saturated carbocycles. The van der Waals surface area contributed by atoms with E-state index < -0.39 is 29.6 Å². The second-order valence-electron chi connectivity index (χ2n) is 3.60. The van der Waals surface area contributed by atoms with Crippen LogP contribution in [-0.2, 0) is 12.1 Å². The molecule has 0 radical (unpaired) electrons. The number of fused-ring (bicyclic) bond motifs is 1. The van der Waals surface area contributed by atoms with E-state index in [1.54, 1.807) is 0 Å². The minimum Gasteiger partial charge on any atom is -0.229 e. The molecule has 0 spiro atoms. The summed E-state index contributed by atoms with van der Waals surface area (Å²) >= 11 is 0. The van der Waals surface area contributed by atoms with Crippen LogP contribution in [0.25, 0.3) is 0 Å². The van der Waals surface area contributed by atoms with Crippen LogP contribution >= 0.6 is 0 Å². The van der Waals surface area contributed by atoms with Gasteiger partial charge in [0.25, 0.3) is 0 Å². The third kappa shape index (κ3) is 1.41. The summed E-state index contributed by atoms with van der Waals surface area (Å²) in [6, 6.07) is 2.88. The molecule has 0 aromatic heterocycles. The SMILES string of the molecule is Fc1ccc2c(c1)C(F)(C(F)(F)F)CC2. The monoisotopic (exact) mass is 222 g/mol. The Bertz CT molecular complexity index is 395. The molecule has 2 rings (SSSR count). The Morgan fingerprint density at radius 2 is 1.87 bits per heavy atom. The minimum atomic E-state index is -4.98. The fourth-order valence-electron chi connectivity index (χ4n) is 1.87. The summed E-state index contributed by atoms with van der Waals surface area (Å²) in [6.07, 6.45) is -5.65. The summed E-state index contributed by atoms with van der Waals surface area (Å²) < 4.78 is 63.8. The lowest BCUT2D eigenvalue weighted by atomic mass is 9.97. The topological polar surface area (TPSA) is 0 Å². The Hall–Kier alpha value is -1.13. The van der Waals surface area contributed by atoms with Crippen LogP contribution in [0.2, 0.25) is 0 Å². The van der Waals surface area contributed by atoms with Gasteiger partial charge in [0.2, 0.25) is 5.67 Å². The van der Waals surface area contributed by atoms with Gasteiger partial charge < -0.3 is 0 Å². The van der Waals surface area contributed by atoms with Crippen LogP contribution in [0.3, 0.4) is 0 Å². The van der Waals surface area contributed by atoms with Gasteiger partial charge in [-0.1, -0.05) is 6.07 Å². The molecule has 0 nitrogen and oxygen atoms in total. The van der Waals surface area contributed by atoms with Gasteiger partial charge in [0.1, 0.15) is 5.82 Å². The van der Waals surface area contributed by atoms with E-state index in [1.165, 1.54) is 6.07 Å². The van der Waals surface area contributed by atoms with Crippen LogP contribution in [0.4, 0.5) is 22.0 Å². The molecule has 1 unspecified atom stereocenters. The van der Waals surface area contributed by atoms with E-state index in [9.17, 15) is 22.0 Å². The average Bonchev–Trinajstić information content (AvgIpc) is 2.44. The van der Waals surface area contributed by atoms with Gasteiger partial charge >= 0.3 is 6.18 Å². The van der Waals surface area contributed by atoms with Crippen LogP contribution in [0.15, 0.2) is 18.2 Å². The van der Waals surface area contributed by atoms with Gasteiger partial charge in [-0.25, -0.2) is 8.78 Å². The summed E-state index contributed by atoms with van der Waals surface area (Å²) in [5, 5.41) is 0. The Labute approximate surface area is 82.7 Å². The van der Waals surface area contributed by atoms with Gasteiger partial charge in [0.05, 0.1) is 0 Å². The Morgan fingerprint density at radius 3 is 2.47 bits per heavy atom. The maximum Gasteiger partial charge on any atom is 0.426 e. The van der Waals surface area contributed by atoms with Crippen molar-refractivity contribution in [2.45, 2.75) is 24.7 Å². The van der Waals surface area contributed by atoms with E-state index in [0.29, 0.717) is 6.07 Å². The molecule has 0 N–H and O–H groups in total. The van der Waals surface area contributed by atoms with E-state index in [1.807, 2.05) is 0 Å². The molecule has 0 saturated heterocycles. The molecule has 15 heavy (non-hydrogen) atoms. The van der Waals surface area contributed by atoms with Crippen molar-refractivity contribution in [1.29, 1.82) is 0 Å². The molecular formula is C10H7F5. The quantitative estimate of drug-likeness (QED) is 0.589. The van der Waals surface area contributed by atoms with Crippen molar-refractivity contribution < 1.29 is 22.0 Å². The molecule has 5 heteroatoms.